The van der Waals surface area contributed by atoms with Gasteiger partial charge in [-0.15, -0.1) is 0 Å². The van der Waals surface area contributed by atoms with Crippen LogP contribution in [0.4, 0.5) is 0 Å². The molecule has 2 heterocycles. The molecular weight excluding hydrogens is 256 g/mol. The van der Waals surface area contributed by atoms with Gasteiger partial charge in [0, 0.05) is 52.5 Å². The molecule has 0 aromatic rings. The fourth-order valence-electron chi connectivity index (χ4n) is 3.15. The summed E-state index contributed by atoms with van der Waals surface area (Å²) in [5.41, 5.74) is 0. The van der Waals surface area contributed by atoms with E-state index in [4.69, 9.17) is 9.47 Å². The van der Waals surface area contributed by atoms with Crippen molar-refractivity contribution in [3.05, 3.63) is 0 Å². The SMILES string of the molecule is C[C@@H]1CN(CC(O)CN2CCCO[C@@H](C)C2)CCCO1. The molecule has 0 aromatic heterocycles. The van der Waals surface area contributed by atoms with Crippen molar-refractivity contribution < 1.29 is 14.6 Å². The second kappa shape index (κ2) is 8.29. The van der Waals surface area contributed by atoms with Crippen LogP contribution in [0.15, 0.2) is 0 Å². The molecule has 0 saturated carbocycles. The van der Waals surface area contributed by atoms with E-state index in [1.807, 2.05) is 0 Å². The van der Waals surface area contributed by atoms with E-state index in [1.165, 1.54) is 0 Å². The van der Waals surface area contributed by atoms with Gasteiger partial charge in [0.25, 0.3) is 0 Å². The van der Waals surface area contributed by atoms with E-state index in [0.717, 1.165) is 65.3 Å². The molecule has 0 amide bonds. The van der Waals surface area contributed by atoms with Gasteiger partial charge in [0.05, 0.1) is 18.3 Å². The molecule has 0 radical (unpaired) electrons. The van der Waals surface area contributed by atoms with Crippen molar-refractivity contribution in [2.45, 2.75) is 45.0 Å². The van der Waals surface area contributed by atoms with Crippen molar-refractivity contribution >= 4 is 0 Å². The molecule has 0 aromatic carbocycles. The number of β-amino-alcohol motifs (C(OH)–C–C–N with tert-alkyl or cyclic N) is 1. The Morgan fingerprint density at radius 3 is 1.85 bits per heavy atom. The number of rotatable bonds is 4. The molecule has 3 atom stereocenters. The zero-order valence-electron chi connectivity index (χ0n) is 13.0. The van der Waals surface area contributed by atoms with Gasteiger partial charge in [-0.1, -0.05) is 0 Å². The molecule has 0 spiro atoms. The highest BCUT2D eigenvalue weighted by Gasteiger charge is 2.21. The molecule has 2 fully saturated rings. The van der Waals surface area contributed by atoms with E-state index in [0.29, 0.717) is 0 Å². The van der Waals surface area contributed by atoms with Gasteiger partial charge in [-0.3, -0.25) is 9.80 Å². The summed E-state index contributed by atoms with van der Waals surface area (Å²) in [6.45, 7) is 11.3. The maximum absolute atomic E-state index is 10.3. The predicted octanol–water partition coefficient (Wildman–Crippen LogP) is 0.569. The standard InChI is InChI=1S/C15H30N2O3/c1-13-9-16(5-3-7-19-13)11-15(18)12-17-6-4-8-20-14(2)10-17/h13-15,18H,3-12H2,1-2H3/t13-,14+,15?. The summed E-state index contributed by atoms with van der Waals surface area (Å²) in [5.74, 6) is 0. The fraction of sp³-hybridized carbons (Fsp3) is 1.00. The monoisotopic (exact) mass is 286 g/mol. The van der Waals surface area contributed by atoms with Gasteiger partial charge in [0.15, 0.2) is 0 Å². The first-order valence-corrected chi connectivity index (χ1v) is 7.99. The molecule has 1 N–H and O–H groups in total. The number of aliphatic hydroxyl groups excluding tert-OH is 1. The van der Waals surface area contributed by atoms with E-state index in [2.05, 4.69) is 23.6 Å². The second-order valence-corrected chi connectivity index (χ2v) is 6.24. The lowest BCUT2D eigenvalue weighted by atomic mass is 10.2. The van der Waals surface area contributed by atoms with Crippen LogP contribution in [0, 0.1) is 0 Å². The minimum atomic E-state index is -0.286. The summed E-state index contributed by atoms with van der Waals surface area (Å²) >= 11 is 0. The Hall–Kier alpha value is -0.200. The summed E-state index contributed by atoms with van der Waals surface area (Å²) in [6, 6.07) is 0. The zero-order valence-corrected chi connectivity index (χ0v) is 13.0. The molecule has 20 heavy (non-hydrogen) atoms. The van der Waals surface area contributed by atoms with Gasteiger partial charge in [0.1, 0.15) is 0 Å². The van der Waals surface area contributed by atoms with Crippen molar-refractivity contribution in [2.24, 2.45) is 0 Å². The van der Waals surface area contributed by atoms with E-state index < -0.39 is 0 Å². The minimum Gasteiger partial charge on any atom is -0.390 e. The minimum absolute atomic E-state index is 0.274. The maximum Gasteiger partial charge on any atom is 0.0793 e. The van der Waals surface area contributed by atoms with Crippen molar-refractivity contribution in [2.75, 3.05) is 52.5 Å². The second-order valence-electron chi connectivity index (χ2n) is 6.24. The molecule has 2 saturated heterocycles. The lowest BCUT2D eigenvalue weighted by Gasteiger charge is -2.28. The van der Waals surface area contributed by atoms with Crippen LogP contribution >= 0.6 is 0 Å². The first-order valence-electron chi connectivity index (χ1n) is 7.99. The van der Waals surface area contributed by atoms with Crippen LogP contribution < -0.4 is 0 Å². The van der Waals surface area contributed by atoms with Gasteiger partial charge in [-0.2, -0.15) is 0 Å². The number of nitrogens with zero attached hydrogens (tertiary/aromatic N) is 2. The molecule has 2 aliphatic rings. The molecule has 5 nitrogen and oxygen atoms in total. The molecule has 2 rings (SSSR count). The fourth-order valence-corrected chi connectivity index (χ4v) is 3.15. The summed E-state index contributed by atoms with van der Waals surface area (Å²) in [5, 5.41) is 10.3. The summed E-state index contributed by atoms with van der Waals surface area (Å²) < 4.78 is 11.3. The Morgan fingerprint density at radius 2 is 1.40 bits per heavy atom. The van der Waals surface area contributed by atoms with Crippen LogP contribution in [0.25, 0.3) is 0 Å². The average molecular weight is 286 g/mol. The van der Waals surface area contributed by atoms with Crippen LogP contribution in [-0.4, -0.2) is 85.7 Å². The molecule has 1 unspecified atom stereocenters. The van der Waals surface area contributed by atoms with Crippen molar-refractivity contribution in [3.8, 4) is 0 Å². The Morgan fingerprint density at radius 1 is 0.950 bits per heavy atom. The Balaban J connectivity index is 1.74. The smallest absolute Gasteiger partial charge is 0.0793 e. The lowest BCUT2D eigenvalue weighted by molar-refractivity contribution is 0.0375. The summed E-state index contributed by atoms with van der Waals surface area (Å²) in [4.78, 5) is 4.67. The van der Waals surface area contributed by atoms with Crippen molar-refractivity contribution in [1.29, 1.82) is 0 Å². The summed E-state index contributed by atoms with van der Waals surface area (Å²) in [7, 11) is 0. The maximum atomic E-state index is 10.3. The first kappa shape index (κ1) is 16.2. The third-order valence-electron chi connectivity index (χ3n) is 4.01. The van der Waals surface area contributed by atoms with Crippen LogP contribution in [-0.2, 0) is 9.47 Å². The zero-order chi connectivity index (χ0) is 14.4. The molecular formula is C15H30N2O3. The largest absolute Gasteiger partial charge is 0.390 e. The number of aliphatic hydroxyl groups is 1. The Kier molecular flexibility index (Phi) is 6.71. The Bertz CT molecular complexity index is 252. The van der Waals surface area contributed by atoms with Gasteiger partial charge in [-0.05, 0) is 26.7 Å². The van der Waals surface area contributed by atoms with E-state index in [9.17, 15) is 5.11 Å². The molecule has 5 heteroatoms. The van der Waals surface area contributed by atoms with Crippen molar-refractivity contribution in [3.63, 3.8) is 0 Å². The number of ether oxygens (including phenoxy) is 2. The highest BCUT2D eigenvalue weighted by Crippen LogP contribution is 2.09. The van der Waals surface area contributed by atoms with Crippen LogP contribution in [0.2, 0.25) is 0 Å². The topological polar surface area (TPSA) is 45.2 Å². The number of hydrogen-bond acceptors (Lipinski definition) is 5. The Labute approximate surface area is 122 Å². The van der Waals surface area contributed by atoms with E-state index >= 15 is 0 Å². The van der Waals surface area contributed by atoms with Gasteiger partial charge in [0.2, 0.25) is 0 Å². The lowest BCUT2D eigenvalue weighted by Crippen LogP contribution is -2.43. The highest BCUT2D eigenvalue weighted by molar-refractivity contribution is 4.75. The van der Waals surface area contributed by atoms with Gasteiger partial charge < -0.3 is 14.6 Å². The van der Waals surface area contributed by atoms with Crippen LogP contribution in [0.5, 0.6) is 0 Å². The van der Waals surface area contributed by atoms with Crippen LogP contribution in [0.1, 0.15) is 26.7 Å². The quantitative estimate of drug-likeness (QED) is 0.818. The van der Waals surface area contributed by atoms with Gasteiger partial charge in [-0.25, -0.2) is 0 Å². The van der Waals surface area contributed by atoms with E-state index in [-0.39, 0.29) is 18.3 Å². The van der Waals surface area contributed by atoms with Crippen molar-refractivity contribution in [1.82, 2.24) is 9.80 Å². The average Bonchev–Trinajstić information content (AvgIpc) is 2.69. The van der Waals surface area contributed by atoms with Gasteiger partial charge >= 0.3 is 0 Å². The third-order valence-corrected chi connectivity index (χ3v) is 4.01. The molecule has 0 aliphatic carbocycles. The van der Waals surface area contributed by atoms with E-state index in [1.54, 1.807) is 0 Å². The molecule has 118 valence electrons. The molecule has 2 aliphatic heterocycles. The normalized spacial score (nSPS) is 32.5. The third kappa shape index (κ3) is 5.66. The van der Waals surface area contributed by atoms with Crippen LogP contribution in [0.3, 0.4) is 0 Å². The first-order chi connectivity index (χ1) is 9.63. The number of hydrogen-bond donors (Lipinski definition) is 1. The highest BCUT2D eigenvalue weighted by atomic mass is 16.5. The predicted molar refractivity (Wildman–Crippen MR) is 78.9 cm³/mol. The molecule has 0 bridgehead atoms. The summed E-state index contributed by atoms with van der Waals surface area (Å²) in [6.07, 6.45) is 2.38.